The maximum Gasteiger partial charge on any atom is 0.335 e. The van der Waals surface area contributed by atoms with Crippen LogP contribution >= 0.6 is 11.6 Å². The predicted octanol–water partition coefficient (Wildman–Crippen LogP) is 2.37. The van der Waals surface area contributed by atoms with E-state index in [4.69, 9.17) is 16.7 Å². The molecule has 0 radical (unpaired) electrons. The van der Waals surface area contributed by atoms with Crippen LogP contribution in [0.2, 0.25) is 5.02 Å². The first-order valence-corrected chi connectivity index (χ1v) is 6.97. The van der Waals surface area contributed by atoms with E-state index in [2.05, 4.69) is 10.6 Å². The first kappa shape index (κ1) is 14.8. The number of carbonyl (C=O) groups excluding carboxylic acids is 1. The summed E-state index contributed by atoms with van der Waals surface area (Å²) in [4.78, 5) is 22.6. The van der Waals surface area contributed by atoms with Gasteiger partial charge in [0.1, 0.15) is 0 Å². The molecule has 1 atom stereocenters. The second-order valence-electron chi connectivity index (χ2n) is 4.95. The van der Waals surface area contributed by atoms with Crippen molar-refractivity contribution in [3.05, 3.63) is 28.8 Å². The van der Waals surface area contributed by atoms with Gasteiger partial charge in [-0.05, 0) is 50.0 Å². The number of amides is 1. The van der Waals surface area contributed by atoms with E-state index in [-0.39, 0.29) is 16.5 Å². The summed E-state index contributed by atoms with van der Waals surface area (Å²) < 4.78 is 0. The van der Waals surface area contributed by atoms with Crippen molar-refractivity contribution in [3.8, 4) is 0 Å². The lowest BCUT2D eigenvalue weighted by Gasteiger charge is -2.10. The molecule has 1 amide bonds. The van der Waals surface area contributed by atoms with Gasteiger partial charge in [0.2, 0.25) is 5.91 Å². The van der Waals surface area contributed by atoms with Crippen LogP contribution in [0.25, 0.3) is 0 Å². The highest BCUT2D eigenvalue weighted by Gasteiger charge is 2.16. The molecule has 0 aromatic heterocycles. The van der Waals surface area contributed by atoms with Crippen LogP contribution in [0.15, 0.2) is 18.2 Å². The second-order valence-corrected chi connectivity index (χ2v) is 5.35. The Bertz CT molecular complexity index is 513. The van der Waals surface area contributed by atoms with Gasteiger partial charge in [0.25, 0.3) is 0 Å². The lowest BCUT2D eigenvalue weighted by molar-refractivity contribution is -0.116. The number of carboxylic acids is 1. The van der Waals surface area contributed by atoms with Crippen LogP contribution in [0, 0.1) is 5.92 Å². The number of nitrogens with one attached hydrogen (secondary N) is 2. The van der Waals surface area contributed by atoms with Crippen molar-refractivity contribution in [2.24, 2.45) is 5.92 Å². The maximum absolute atomic E-state index is 11.8. The quantitative estimate of drug-likeness (QED) is 0.779. The van der Waals surface area contributed by atoms with Crippen molar-refractivity contribution >= 4 is 29.2 Å². The van der Waals surface area contributed by atoms with Gasteiger partial charge in [-0.3, -0.25) is 4.79 Å². The molecule has 1 aliphatic rings. The summed E-state index contributed by atoms with van der Waals surface area (Å²) in [6.45, 7) is 2.00. The van der Waals surface area contributed by atoms with Crippen LogP contribution in [0.4, 0.5) is 5.69 Å². The van der Waals surface area contributed by atoms with Gasteiger partial charge in [-0.2, -0.15) is 0 Å². The summed E-state index contributed by atoms with van der Waals surface area (Å²) >= 11 is 5.96. The van der Waals surface area contributed by atoms with Gasteiger partial charge in [-0.15, -0.1) is 0 Å². The third-order valence-corrected chi connectivity index (χ3v) is 3.74. The van der Waals surface area contributed by atoms with E-state index in [1.807, 2.05) is 0 Å². The van der Waals surface area contributed by atoms with E-state index in [1.54, 1.807) is 0 Å². The summed E-state index contributed by atoms with van der Waals surface area (Å²) in [5.74, 6) is -0.578. The zero-order valence-corrected chi connectivity index (χ0v) is 11.7. The minimum absolute atomic E-state index is 0.0955. The molecule has 5 nitrogen and oxygen atoms in total. The molecule has 1 fully saturated rings. The molecule has 1 unspecified atom stereocenters. The highest BCUT2D eigenvalue weighted by atomic mass is 35.5. The van der Waals surface area contributed by atoms with Gasteiger partial charge in [0.15, 0.2) is 0 Å². The molecule has 0 bridgehead atoms. The molecule has 0 aliphatic carbocycles. The number of aromatic carboxylic acids is 1. The van der Waals surface area contributed by atoms with Crippen LogP contribution in [-0.4, -0.2) is 30.1 Å². The maximum atomic E-state index is 11.8. The number of rotatable bonds is 5. The molecule has 1 aromatic carbocycles. The molecular formula is C14H17ClN2O3. The van der Waals surface area contributed by atoms with Crippen molar-refractivity contribution in [2.75, 3.05) is 18.4 Å². The lowest BCUT2D eigenvalue weighted by atomic mass is 10.0. The van der Waals surface area contributed by atoms with Crippen LogP contribution in [0.1, 0.15) is 29.6 Å². The molecule has 2 rings (SSSR count). The summed E-state index contributed by atoms with van der Waals surface area (Å²) in [5.41, 5.74) is 0.552. The van der Waals surface area contributed by atoms with Crippen molar-refractivity contribution in [1.82, 2.24) is 5.32 Å². The Kier molecular flexibility index (Phi) is 4.98. The fourth-order valence-electron chi connectivity index (χ4n) is 2.26. The monoisotopic (exact) mass is 296 g/mol. The van der Waals surface area contributed by atoms with Gasteiger partial charge < -0.3 is 15.7 Å². The predicted molar refractivity (Wildman–Crippen MR) is 77.3 cm³/mol. The Morgan fingerprint density at radius 1 is 1.45 bits per heavy atom. The van der Waals surface area contributed by atoms with E-state index < -0.39 is 5.97 Å². The molecule has 1 heterocycles. The van der Waals surface area contributed by atoms with Crippen molar-refractivity contribution in [1.29, 1.82) is 0 Å². The smallest absolute Gasteiger partial charge is 0.335 e. The zero-order chi connectivity index (χ0) is 14.5. The molecule has 0 saturated carbocycles. The summed E-state index contributed by atoms with van der Waals surface area (Å²) in [6.07, 6.45) is 2.41. The van der Waals surface area contributed by atoms with E-state index in [9.17, 15) is 9.59 Å². The zero-order valence-electron chi connectivity index (χ0n) is 11.0. The van der Waals surface area contributed by atoms with Gasteiger partial charge in [0.05, 0.1) is 16.3 Å². The SMILES string of the molecule is O=C(CCC1CCNC1)Nc1ccc(C(=O)O)cc1Cl. The van der Waals surface area contributed by atoms with Gasteiger partial charge in [0, 0.05) is 6.42 Å². The van der Waals surface area contributed by atoms with Crippen LogP contribution < -0.4 is 10.6 Å². The summed E-state index contributed by atoms with van der Waals surface area (Å²) in [6, 6.07) is 4.27. The third-order valence-electron chi connectivity index (χ3n) is 3.43. The van der Waals surface area contributed by atoms with Crippen LogP contribution in [0.5, 0.6) is 0 Å². The van der Waals surface area contributed by atoms with Gasteiger partial charge in [-0.1, -0.05) is 11.6 Å². The first-order valence-electron chi connectivity index (χ1n) is 6.59. The molecule has 6 heteroatoms. The Hall–Kier alpha value is -1.59. The topological polar surface area (TPSA) is 78.4 Å². The lowest BCUT2D eigenvalue weighted by Crippen LogP contribution is -2.15. The largest absolute Gasteiger partial charge is 0.478 e. The Balaban J connectivity index is 1.88. The highest BCUT2D eigenvalue weighted by Crippen LogP contribution is 2.24. The highest BCUT2D eigenvalue weighted by molar-refractivity contribution is 6.34. The second kappa shape index (κ2) is 6.72. The molecule has 3 N–H and O–H groups in total. The third kappa shape index (κ3) is 3.95. The molecule has 108 valence electrons. The molecule has 1 aromatic rings. The number of benzene rings is 1. The average molecular weight is 297 g/mol. The molecule has 1 saturated heterocycles. The van der Waals surface area contributed by atoms with E-state index >= 15 is 0 Å². The standard InChI is InChI=1S/C14H17ClN2O3/c15-11-7-10(14(19)20)2-3-12(11)17-13(18)4-1-9-5-6-16-8-9/h2-3,7,9,16H,1,4-6,8H2,(H,17,18)(H,19,20). The summed E-state index contributed by atoms with van der Waals surface area (Å²) in [5, 5.41) is 15.1. The van der Waals surface area contributed by atoms with Crippen molar-refractivity contribution < 1.29 is 14.7 Å². The van der Waals surface area contributed by atoms with Gasteiger partial charge >= 0.3 is 5.97 Å². The Morgan fingerprint density at radius 2 is 2.25 bits per heavy atom. The minimum Gasteiger partial charge on any atom is -0.478 e. The van der Waals surface area contributed by atoms with Crippen LogP contribution in [-0.2, 0) is 4.79 Å². The first-order chi connectivity index (χ1) is 9.56. The molecular weight excluding hydrogens is 280 g/mol. The Labute approximate surface area is 122 Å². The number of anilines is 1. The van der Waals surface area contributed by atoms with E-state index in [0.717, 1.165) is 25.9 Å². The minimum atomic E-state index is -1.04. The van der Waals surface area contributed by atoms with E-state index in [0.29, 0.717) is 18.0 Å². The molecule has 20 heavy (non-hydrogen) atoms. The number of halogens is 1. The Morgan fingerprint density at radius 3 is 2.85 bits per heavy atom. The van der Waals surface area contributed by atoms with E-state index in [1.165, 1.54) is 18.2 Å². The van der Waals surface area contributed by atoms with Crippen LogP contribution in [0.3, 0.4) is 0 Å². The number of carboxylic acid groups (broad SMARTS) is 1. The van der Waals surface area contributed by atoms with Gasteiger partial charge in [-0.25, -0.2) is 4.79 Å². The average Bonchev–Trinajstić information content (AvgIpc) is 2.91. The number of hydrogen-bond donors (Lipinski definition) is 3. The fourth-order valence-corrected chi connectivity index (χ4v) is 2.49. The number of hydrogen-bond acceptors (Lipinski definition) is 3. The normalized spacial score (nSPS) is 17.9. The summed E-state index contributed by atoms with van der Waals surface area (Å²) in [7, 11) is 0. The van der Waals surface area contributed by atoms with Crippen molar-refractivity contribution in [3.63, 3.8) is 0 Å². The molecule has 0 spiro atoms. The number of carbonyl (C=O) groups is 2. The molecule has 1 aliphatic heterocycles. The van der Waals surface area contributed by atoms with Crippen molar-refractivity contribution in [2.45, 2.75) is 19.3 Å². The fraction of sp³-hybridized carbons (Fsp3) is 0.429.